The Kier molecular flexibility index (Phi) is 9.83. The Balaban J connectivity index is 0.00000336. The van der Waals surface area contributed by atoms with Crippen molar-refractivity contribution in [1.29, 1.82) is 0 Å². The van der Waals surface area contributed by atoms with Crippen molar-refractivity contribution in [3.63, 3.8) is 0 Å². The molecule has 0 aliphatic carbocycles. The Labute approximate surface area is 243 Å². The monoisotopic (exact) mass is 591 g/mol. The maximum absolute atomic E-state index is 12.5. The Bertz CT molecular complexity index is 1350. The molecule has 3 aromatic carbocycles. The van der Waals surface area contributed by atoms with Gasteiger partial charge in [0.1, 0.15) is 0 Å². The summed E-state index contributed by atoms with van der Waals surface area (Å²) in [7, 11) is 0. The van der Waals surface area contributed by atoms with Gasteiger partial charge in [0.15, 0.2) is 0 Å². The molecule has 0 aromatic heterocycles. The van der Waals surface area contributed by atoms with Gasteiger partial charge in [0.05, 0.1) is 12.2 Å². The van der Waals surface area contributed by atoms with Crippen molar-refractivity contribution in [3.8, 4) is 0 Å². The number of thioether (sulfide) groups is 1. The molecule has 2 aliphatic heterocycles. The second-order valence-corrected chi connectivity index (χ2v) is 11.5. The van der Waals surface area contributed by atoms with Gasteiger partial charge in [-0.3, -0.25) is 4.39 Å². The topological polar surface area (TPSA) is 40.5 Å². The number of halogens is 4. The molecule has 8 heteroatoms. The largest absolute Gasteiger partial charge is 0.478 e. The van der Waals surface area contributed by atoms with Crippen molar-refractivity contribution >= 4 is 64.5 Å². The molecule has 1 N–H and O–H groups in total. The van der Waals surface area contributed by atoms with Gasteiger partial charge in [0.2, 0.25) is 0 Å². The van der Waals surface area contributed by atoms with Crippen LogP contribution in [-0.2, 0) is 6.42 Å². The highest BCUT2D eigenvalue weighted by Gasteiger charge is 2.25. The quantitative estimate of drug-likeness (QED) is 0.285. The molecule has 38 heavy (non-hydrogen) atoms. The maximum atomic E-state index is 12.5. The minimum absolute atomic E-state index is 0. The minimum atomic E-state index is -0.931. The molecule has 1 fully saturated rings. The van der Waals surface area contributed by atoms with Crippen LogP contribution in [0.5, 0.6) is 0 Å². The van der Waals surface area contributed by atoms with Gasteiger partial charge in [-0.1, -0.05) is 59.6 Å². The molecule has 2 aliphatic rings. The van der Waals surface area contributed by atoms with Crippen molar-refractivity contribution in [1.82, 2.24) is 4.90 Å². The lowest BCUT2D eigenvalue weighted by Crippen LogP contribution is -2.22. The molecular formula is C30H29Cl3FNO2S. The number of rotatable bonds is 8. The maximum Gasteiger partial charge on any atom is 0.335 e. The summed E-state index contributed by atoms with van der Waals surface area (Å²) in [6.07, 6.45) is 2.77. The Morgan fingerprint density at radius 2 is 1.82 bits per heavy atom. The highest BCUT2D eigenvalue weighted by atomic mass is 35.5. The lowest BCUT2D eigenvalue weighted by Gasteiger charge is -2.25. The zero-order valence-electron chi connectivity index (χ0n) is 20.8. The van der Waals surface area contributed by atoms with Gasteiger partial charge in [-0.15, -0.1) is 24.2 Å². The predicted octanol–water partition coefficient (Wildman–Crippen LogP) is 8.40. The molecule has 0 spiro atoms. The van der Waals surface area contributed by atoms with E-state index in [0.29, 0.717) is 28.1 Å². The third-order valence-electron chi connectivity index (χ3n) is 7.17. The SMILES string of the molecule is Cl.O=C(O)c1ccc2c(c1)SCC(c1ccc(Cl)cc1Cl)=C2c1ccc(CC2CCN(CCCF)C2)cc1. The van der Waals surface area contributed by atoms with Crippen LogP contribution in [0, 0.1) is 5.92 Å². The lowest BCUT2D eigenvalue weighted by atomic mass is 9.88. The van der Waals surface area contributed by atoms with Crippen LogP contribution >= 0.6 is 47.4 Å². The van der Waals surface area contributed by atoms with Crippen LogP contribution in [0.1, 0.15) is 45.5 Å². The number of nitrogens with zero attached hydrogens (tertiary/aromatic N) is 1. The Hall–Kier alpha value is -2.02. The lowest BCUT2D eigenvalue weighted by molar-refractivity contribution is 0.0696. The zero-order valence-corrected chi connectivity index (χ0v) is 23.9. The van der Waals surface area contributed by atoms with E-state index in [1.54, 1.807) is 30.0 Å². The first kappa shape index (κ1) is 29.0. The number of benzene rings is 3. The Morgan fingerprint density at radius 3 is 2.53 bits per heavy atom. The third kappa shape index (κ3) is 6.40. The van der Waals surface area contributed by atoms with Crippen molar-refractivity contribution in [3.05, 3.63) is 98.5 Å². The van der Waals surface area contributed by atoms with E-state index in [4.69, 9.17) is 23.2 Å². The van der Waals surface area contributed by atoms with Crippen LogP contribution in [0.2, 0.25) is 10.0 Å². The van der Waals surface area contributed by atoms with Gasteiger partial charge >= 0.3 is 5.97 Å². The average molecular weight is 593 g/mol. The smallest absolute Gasteiger partial charge is 0.335 e. The second-order valence-electron chi connectivity index (χ2n) is 9.68. The molecule has 1 atom stereocenters. The van der Waals surface area contributed by atoms with Crippen molar-refractivity contribution in [2.24, 2.45) is 5.92 Å². The molecule has 200 valence electrons. The molecule has 1 unspecified atom stereocenters. The summed E-state index contributed by atoms with van der Waals surface area (Å²) in [6, 6.07) is 19.6. The van der Waals surface area contributed by atoms with Gasteiger partial charge < -0.3 is 10.0 Å². The minimum Gasteiger partial charge on any atom is -0.478 e. The van der Waals surface area contributed by atoms with E-state index >= 15 is 0 Å². The van der Waals surface area contributed by atoms with Crippen LogP contribution in [0.15, 0.2) is 65.6 Å². The van der Waals surface area contributed by atoms with Gasteiger partial charge in [0.25, 0.3) is 0 Å². The summed E-state index contributed by atoms with van der Waals surface area (Å²) in [4.78, 5) is 14.9. The number of hydrogen-bond donors (Lipinski definition) is 1. The van der Waals surface area contributed by atoms with Crippen LogP contribution in [0.3, 0.4) is 0 Å². The number of carboxylic acids is 1. The molecule has 3 nitrogen and oxygen atoms in total. The first-order chi connectivity index (χ1) is 17.9. The predicted molar refractivity (Wildman–Crippen MR) is 159 cm³/mol. The first-order valence-electron chi connectivity index (χ1n) is 12.5. The molecule has 1 saturated heterocycles. The number of alkyl halides is 1. The number of aromatic carboxylic acids is 1. The van der Waals surface area contributed by atoms with E-state index in [0.717, 1.165) is 65.2 Å². The highest BCUT2D eigenvalue weighted by molar-refractivity contribution is 7.99. The standard InChI is InChI=1S/C30H28Cl2FNO2S.ClH/c31-23-7-9-24(27(32)16-23)26-18-37-28-15-22(30(35)36)6-8-25(28)29(26)21-4-2-19(3-5-21)14-20-10-13-34(17-20)12-1-11-33;/h2-9,15-16,20H,1,10-14,17-18H2,(H,35,36);1H. The van der Waals surface area contributed by atoms with E-state index in [2.05, 4.69) is 29.2 Å². The van der Waals surface area contributed by atoms with Crippen LogP contribution in [-0.4, -0.2) is 48.0 Å². The van der Waals surface area contributed by atoms with Gasteiger partial charge in [-0.25, -0.2) is 4.79 Å². The van der Waals surface area contributed by atoms with E-state index < -0.39 is 5.97 Å². The molecule has 0 bridgehead atoms. The number of likely N-dealkylation sites (tertiary alicyclic amines) is 1. The summed E-state index contributed by atoms with van der Waals surface area (Å²) >= 11 is 14.4. The Morgan fingerprint density at radius 1 is 1.05 bits per heavy atom. The molecule has 0 amide bonds. The van der Waals surface area contributed by atoms with E-state index in [9.17, 15) is 14.3 Å². The number of fused-ring (bicyclic) bond motifs is 1. The van der Waals surface area contributed by atoms with Crippen LogP contribution in [0.4, 0.5) is 4.39 Å². The highest BCUT2D eigenvalue weighted by Crippen LogP contribution is 2.46. The summed E-state index contributed by atoms with van der Waals surface area (Å²) in [5, 5.41) is 10.7. The molecule has 0 saturated carbocycles. The molecule has 0 radical (unpaired) electrons. The molecule has 3 aromatic rings. The van der Waals surface area contributed by atoms with Gasteiger partial charge in [0, 0.05) is 33.8 Å². The number of hydrogen-bond acceptors (Lipinski definition) is 3. The molecule has 2 heterocycles. The number of carboxylic acid groups (broad SMARTS) is 1. The van der Waals surface area contributed by atoms with Gasteiger partial charge in [-0.05, 0) is 89.4 Å². The summed E-state index contributed by atoms with van der Waals surface area (Å²) in [6.45, 7) is 2.67. The summed E-state index contributed by atoms with van der Waals surface area (Å²) in [5.74, 6) is 0.333. The molecule has 5 rings (SSSR count). The van der Waals surface area contributed by atoms with Crippen molar-refractivity contribution in [2.75, 3.05) is 32.1 Å². The summed E-state index contributed by atoms with van der Waals surface area (Å²) in [5.41, 5.74) is 6.77. The second kappa shape index (κ2) is 12.9. The normalized spacial score (nSPS) is 17.3. The fourth-order valence-electron chi connectivity index (χ4n) is 5.35. The van der Waals surface area contributed by atoms with E-state index in [1.807, 2.05) is 18.2 Å². The van der Waals surface area contributed by atoms with Gasteiger partial charge in [-0.2, -0.15) is 0 Å². The first-order valence-corrected chi connectivity index (χ1v) is 14.2. The fraction of sp³-hybridized carbons (Fsp3) is 0.300. The van der Waals surface area contributed by atoms with Crippen LogP contribution in [0.25, 0.3) is 11.1 Å². The van der Waals surface area contributed by atoms with E-state index in [-0.39, 0.29) is 24.6 Å². The summed E-state index contributed by atoms with van der Waals surface area (Å²) < 4.78 is 12.5. The van der Waals surface area contributed by atoms with Crippen molar-refractivity contribution < 1.29 is 14.3 Å². The molecular weight excluding hydrogens is 564 g/mol. The van der Waals surface area contributed by atoms with Crippen LogP contribution < -0.4 is 0 Å². The third-order valence-corrected chi connectivity index (χ3v) is 8.80. The van der Waals surface area contributed by atoms with Crippen molar-refractivity contribution in [2.45, 2.75) is 24.2 Å². The zero-order chi connectivity index (χ0) is 25.9. The fourth-order valence-corrected chi connectivity index (χ4v) is 7.01. The van der Waals surface area contributed by atoms with E-state index in [1.165, 1.54) is 5.56 Å². The number of carbonyl (C=O) groups is 1. The average Bonchev–Trinajstić information content (AvgIpc) is 3.34.